The van der Waals surface area contributed by atoms with Crippen LogP contribution in [0.4, 0.5) is 0 Å². The third kappa shape index (κ3) is 14.0. The number of unbranched alkanes of at least 4 members (excludes halogenated alkanes) is 1. The lowest BCUT2D eigenvalue weighted by Gasteiger charge is -2.26. The van der Waals surface area contributed by atoms with Gasteiger partial charge in [0, 0.05) is 0 Å². The van der Waals surface area contributed by atoms with Gasteiger partial charge in [-0.2, -0.15) is 0 Å². The van der Waals surface area contributed by atoms with E-state index in [1.165, 1.54) is 0 Å². The van der Waals surface area contributed by atoms with Crippen LogP contribution in [0.2, 0.25) is 0 Å². The molecule has 191 valence electrons. The summed E-state index contributed by atoms with van der Waals surface area (Å²) in [6.45, 7) is 12.2. The van der Waals surface area contributed by atoms with E-state index in [0.29, 0.717) is 32.2 Å². The summed E-state index contributed by atoms with van der Waals surface area (Å²) in [4.78, 5) is 49.8. The Kier molecular flexibility index (Phi) is 15.6. The highest BCUT2D eigenvalue weighted by Gasteiger charge is 2.30. The topological polar surface area (TPSA) is 156 Å². The maximum atomic E-state index is 13.1. The van der Waals surface area contributed by atoms with Crippen LogP contribution in [0.3, 0.4) is 0 Å². The molecule has 0 rings (SSSR count). The number of nitrogens with two attached hydrogens (primary N) is 2. The van der Waals surface area contributed by atoms with E-state index in [-0.39, 0.29) is 17.8 Å². The van der Waals surface area contributed by atoms with Crippen molar-refractivity contribution in [1.82, 2.24) is 16.0 Å². The largest absolute Gasteiger partial charge is 0.344 e. The Morgan fingerprint density at radius 2 is 1.18 bits per heavy atom. The molecule has 3 amide bonds. The third-order valence-corrected chi connectivity index (χ3v) is 5.15. The molecule has 0 aromatic heterocycles. The number of hydrogen-bond acceptors (Lipinski definition) is 6. The highest BCUT2D eigenvalue weighted by atomic mass is 16.2. The maximum Gasteiger partial charge on any atom is 0.243 e. The van der Waals surface area contributed by atoms with Crippen LogP contribution in [0.1, 0.15) is 80.1 Å². The van der Waals surface area contributed by atoms with E-state index in [4.69, 9.17) is 11.5 Å². The Morgan fingerprint density at radius 3 is 1.61 bits per heavy atom. The van der Waals surface area contributed by atoms with Crippen molar-refractivity contribution in [2.75, 3.05) is 6.54 Å². The molecule has 0 heterocycles. The summed E-state index contributed by atoms with van der Waals surface area (Å²) in [5.74, 6) is -0.813. The van der Waals surface area contributed by atoms with Gasteiger partial charge in [-0.15, -0.1) is 0 Å². The SMILES string of the molecule is CC(C)C[C@@H]([C]=O)NC(=O)[C@H](CC(C)C)NC(=O)[C@H](CC(C)C)NC(=O)[C@@H](N)CCCCN. The van der Waals surface area contributed by atoms with Crippen molar-refractivity contribution in [3.8, 4) is 0 Å². The molecule has 0 saturated carbocycles. The van der Waals surface area contributed by atoms with Crippen LogP contribution in [0, 0.1) is 17.8 Å². The fourth-order valence-electron chi connectivity index (χ4n) is 3.48. The molecule has 0 aliphatic carbocycles. The van der Waals surface area contributed by atoms with Crippen LogP contribution >= 0.6 is 0 Å². The van der Waals surface area contributed by atoms with Gasteiger partial charge in [0.05, 0.1) is 12.1 Å². The Labute approximate surface area is 199 Å². The molecular formula is C24H46N5O4. The van der Waals surface area contributed by atoms with Gasteiger partial charge in [-0.3, -0.25) is 19.2 Å². The van der Waals surface area contributed by atoms with Crippen molar-refractivity contribution in [2.45, 2.75) is 104 Å². The summed E-state index contributed by atoms with van der Waals surface area (Å²) in [5, 5.41) is 8.21. The van der Waals surface area contributed by atoms with Gasteiger partial charge in [0.1, 0.15) is 12.1 Å². The molecule has 0 fully saturated rings. The summed E-state index contributed by atoms with van der Waals surface area (Å²) in [6.07, 6.45) is 5.11. The number of carbonyl (C=O) groups excluding carboxylic acids is 4. The van der Waals surface area contributed by atoms with E-state index in [1.54, 1.807) is 0 Å². The van der Waals surface area contributed by atoms with Crippen molar-refractivity contribution in [1.29, 1.82) is 0 Å². The molecule has 7 N–H and O–H groups in total. The van der Waals surface area contributed by atoms with E-state index in [0.717, 1.165) is 12.8 Å². The first-order chi connectivity index (χ1) is 15.4. The molecule has 0 aliphatic rings. The number of nitrogens with one attached hydrogen (secondary N) is 3. The van der Waals surface area contributed by atoms with Crippen LogP contribution in [-0.4, -0.2) is 54.7 Å². The van der Waals surface area contributed by atoms with Crippen molar-refractivity contribution < 1.29 is 19.2 Å². The van der Waals surface area contributed by atoms with Gasteiger partial charge in [0.25, 0.3) is 0 Å². The monoisotopic (exact) mass is 468 g/mol. The zero-order chi connectivity index (χ0) is 25.6. The number of hydrogen-bond donors (Lipinski definition) is 5. The summed E-state index contributed by atoms with van der Waals surface area (Å²) in [5.41, 5.74) is 11.5. The fourth-order valence-corrected chi connectivity index (χ4v) is 3.48. The Bertz CT molecular complexity index is 610. The third-order valence-electron chi connectivity index (χ3n) is 5.15. The van der Waals surface area contributed by atoms with Gasteiger partial charge in [-0.25, -0.2) is 0 Å². The van der Waals surface area contributed by atoms with Crippen LogP contribution in [0.5, 0.6) is 0 Å². The first kappa shape index (κ1) is 31.0. The van der Waals surface area contributed by atoms with E-state index < -0.39 is 41.9 Å². The minimum absolute atomic E-state index is 0.124. The standard InChI is InChI=1S/C24H46N5O4/c1-15(2)11-18(14-30)27-23(32)20(12-16(3)4)29-24(33)21(13-17(5)6)28-22(31)19(26)9-7-8-10-25/h15-21H,7-13,25-26H2,1-6H3,(H,27,32)(H,28,31)(H,29,33)/t18-,19-,20-,21-/m0/s1. The minimum Gasteiger partial charge on any atom is -0.344 e. The summed E-state index contributed by atoms with van der Waals surface area (Å²) in [6, 6.07) is -3.11. The molecule has 0 aliphatic heterocycles. The second-order valence-electron chi connectivity index (χ2n) is 10.1. The van der Waals surface area contributed by atoms with Crippen molar-refractivity contribution in [2.24, 2.45) is 29.2 Å². The van der Waals surface area contributed by atoms with Gasteiger partial charge < -0.3 is 27.4 Å². The Hall–Kier alpha value is -2.00. The minimum atomic E-state index is -0.828. The molecule has 1 radical (unpaired) electrons. The molecule has 0 bridgehead atoms. The van der Waals surface area contributed by atoms with Gasteiger partial charge in [-0.1, -0.05) is 48.0 Å². The second kappa shape index (κ2) is 16.6. The van der Waals surface area contributed by atoms with E-state index >= 15 is 0 Å². The van der Waals surface area contributed by atoms with E-state index in [1.807, 2.05) is 47.8 Å². The lowest BCUT2D eigenvalue weighted by atomic mass is 9.99. The van der Waals surface area contributed by atoms with Crippen molar-refractivity contribution in [3.63, 3.8) is 0 Å². The van der Waals surface area contributed by atoms with E-state index in [2.05, 4.69) is 16.0 Å². The van der Waals surface area contributed by atoms with Gasteiger partial charge in [-0.05, 0) is 56.4 Å². The predicted molar refractivity (Wildman–Crippen MR) is 131 cm³/mol. The average Bonchev–Trinajstić information content (AvgIpc) is 2.71. The van der Waals surface area contributed by atoms with E-state index in [9.17, 15) is 19.2 Å². The maximum absolute atomic E-state index is 13.1. The molecule has 4 atom stereocenters. The second-order valence-corrected chi connectivity index (χ2v) is 10.1. The first-order valence-electron chi connectivity index (χ1n) is 12.2. The average molecular weight is 469 g/mol. The molecule has 0 unspecified atom stereocenters. The molecule has 0 saturated heterocycles. The molecule has 9 heteroatoms. The smallest absolute Gasteiger partial charge is 0.243 e. The molecule has 0 aromatic carbocycles. The first-order valence-corrected chi connectivity index (χ1v) is 12.2. The molecule has 33 heavy (non-hydrogen) atoms. The molecule has 9 nitrogen and oxygen atoms in total. The van der Waals surface area contributed by atoms with Gasteiger partial charge in [0.15, 0.2) is 0 Å². The van der Waals surface area contributed by atoms with Crippen LogP contribution in [-0.2, 0) is 19.2 Å². The molecule has 0 aromatic rings. The molecular weight excluding hydrogens is 422 g/mol. The van der Waals surface area contributed by atoms with Crippen LogP contribution in [0.15, 0.2) is 0 Å². The fraction of sp³-hybridized carbons (Fsp3) is 0.833. The summed E-state index contributed by atoms with van der Waals surface area (Å²) >= 11 is 0. The number of amides is 3. The quantitative estimate of drug-likeness (QED) is 0.202. The molecule has 0 spiro atoms. The predicted octanol–water partition coefficient (Wildman–Crippen LogP) is 1.15. The Balaban J connectivity index is 5.33. The normalized spacial score (nSPS) is 15.1. The lowest BCUT2D eigenvalue weighted by Crippen LogP contribution is -2.57. The highest BCUT2D eigenvalue weighted by Crippen LogP contribution is 2.11. The van der Waals surface area contributed by atoms with Crippen LogP contribution < -0.4 is 27.4 Å². The lowest BCUT2D eigenvalue weighted by molar-refractivity contribution is -0.133. The van der Waals surface area contributed by atoms with Crippen molar-refractivity contribution in [3.05, 3.63) is 0 Å². The zero-order valence-electron chi connectivity index (χ0n) is 21.3. The summed E-state index contributed by atoms with van der Waals surface area (Å²) < 4.78 is 0. The summed E-state index contributed by atoms with van der Waals surface area (Å²) in [7, 11) is 0. The number of rotatable bonds is 17. The highest BCUT2D eigenvalue weighted by molar-refractivity contribution is 5.93. The Morgan fingerprint density at radius 1 is 0.727 bits per heavy atom. The van der Waals surface area contributed by atoms with Gasteiger partial charge in [0.2, 0.25) is 24.0 Å². The van der Waals surface area contributed by atoms with Crippen molar-refractivity contribution >= 4 is 24.0 Å². The van der Waals surface area contributed by atoms with Crippen LogP contribution in [0.25, 0.3) is 0 Å². The zero-order valence-corrected chi connectivity index (χ0v) is 21.3. The van der Waals surface area contributed by atoms with Gasteiger partial charge >= 0.3 is 0 Å². The number of carbonyl (C=O) groups is 3.